The predicted octanol–water partition coefficient (Wildman–Crippen LogP) is 5.82. The fourth-order valence-electron chi connectivity index (χ4n) is 5.74. The van der Waals surface area contributed by atoms with E-state index < -0.39 is 7.60 Å². The molecular formula is C29H32FN4O4P. The lowest BCUT2D eigenvalue weighted by molar-refractivity contribution is -0.00699. The molecule has 8 nitrogen and oxygen atoms in total. The van der Waals surface area contributed by atoms with E-state index in [1.54, 1.807) is 13.4 Å². The van der Waals surface area contributed by atoms with Gasteiger partial charge in [0.2, 0.25) is 0 Å². The third-order valence-electron chi connectivity index (χ3n) is 7.67. The van der Waals surface area contributed by atoms with E-state index in [0.29, 0.717) is 32.7 Å². The Labute approximate surface area is 227 Å². The Bertz CT molecular complexity index is 1490. The van der Waals surface area contributed by atoms with Gasteiger partial charge in [-0.25, -0.2) is 9.37 Å². The SMILES string of the molecule is COc1cc(/C=C2\CC3(COP(C)(=O)OC3)CN3C2=NCCC3c2ccc(F)cc2)ccc1-n1cnc(C)c1. The summed E-state index contributed by atoms with van der Waals surface area (Å²) in [4.78, 5) is 11.6. The van der Waals surface area contributed by atoms with Gasteiger partial charge in [0.15, 0.2) is 0 Å². The number of hydrogen-bond donors (Lipinski definition) is 0. The number of amidine groups is 1. The summed E-state index contributed by atoms with van der Waals surface area (Å²) < 4.78 is 45.4. The summed E-state index contributed by atoms with van der Waals surface area (Å²) >= 11 is 0. The van der Waals surface area contributed by atoms with E-state index in [2.05, 4.69) is 22.0 Å². The first-order valence-electron chi connectivity index (χ1n) is 13.1. The van der Waals surface area contributed by atoms with Gasteiger partial charge >= 0.3 is 7.60 Å². The van der Waals surface area contributed by atoms with Crippen molar-refractivity contribution in [3.63, 3.8) is 0 Å². The highest BCUT2D eigenvalue weighted by Gasteiger charge is 2.48. The molecule has 39 heavy (non-hydrogen) atoms. The van der Waals surface area contributed by atoms with Crippen LogP contribution >= 0.6 is 7.60 Å². The summed E-state index contributed by atoms with van der Waals surface area (Å²) in [5.74, 6) is 1.41. The molecule has 2 aromatic carbocycles. The number of piperidine rings is 1. The summed E-state index contributed by atoms with van der Waals surface area (Å²) in [6.07, 6.45) is 7.37. The molecule has 204 valence electrons. The quantitative estimate of drug-likeness (QED) is 0.381. The molecule has 2 fully saturated rings. The van der Waals surface area contributed by atoms with Crippen molar-refractivity contribution >= 4 is 19.5 Å². The molecule has 3 aliphatic heterocycles. The van der Waals surface area contributed by atoms with Crippen molar-refractivity contribution in [3.8, 4) is 11.4 Å². The lowest BCUT2D eigenvalue weighted by Gasteiger charge is -2.51. The highest BCUT2D eigenvalue weighted by atomic mass is 31.2. The largest absolute Gasteiger partial charge is 0.495 e. The van der Waals surface area contributed by atoms with Gasteiger partial charge in [0.1, 0.15) is 17.4 Å². The van der Waals surface area contributed by atoms with Gasteiger partial charge in [-0.15, -0.1) is 0 Å². The van der Waals surface area contributed by atoms with Crippen LogP contribution in [-0.4, -0.2) is 60.4 Å². The number of imidazole rings is 1. The van der Waals surface area contributed by atoms with Crippen LogP contribution in [0, 0.1) is 18.2 Å². The molecule has 0 aliphatic carbocycles. The van der Waals surface area contributed by atoms with Gasteiger partial charge < -0.3 is 23.3 Å². The second kappa shape index (κ2) is 10.0. The maximum absolute atomic E-state index is 13.7. The number of aryl methyl sites for hydroxylation is 1. The number of hydrogen-bond acceptors (Lipinski definition) is 7. The highest BCUT2D eigenvalue weighted by Crippen LogP contribution is 2.54. The van der Waals surface area contributed by atoms with E-state index in [1.165, 1.54) is 18.8 Å². The van der Waals surface area contributed by atoms with Crippen LogP contribution in [-0.2, 0) is 13.6 Å². The molecule has 1 unspecified atom stereocenters. The van der Waals surface area contributed by atoms with Crippen molar-refractivity contribution in [2.24, 2.45) is 10.4 Å². The fourth-order valence-corrected chi connectivity index (χ4v) is 6.83. The van der Waals surface area contributed by atoms with E-state index in [1.807, 2.05) is 42.0 Å². The average Bonchev–Trinajstić information content (AvgIpc) is 3.37. The lowest BCUT2D eigenvalue weighted by atomic mass is 9.76. The summed E-state index contributed by atoms with van der Waals surface area (Å²) in [5, 5.41) is 0. The van der Waals surface area contributed by atoms with Gasteiger partial charge in [-0.05, 0) is 66.8 Å². The number of halogens is 1. The first-order valence-corrected chi connectivity index (χ1v) is 15.1. The summed E-state index contributed by atoms with van der Waals surface area (Å²) in [6, 6.07) is 12.8. The van der Waals surface area contributed by atoms with Crippen LogP contribution in [0.25, 0.3) is 11.8 Å². The molecule has 3 aromatic rings. The zero-order valence-corrected chi connectivity index (χ0v) is 23.2. The molecule has 6 rings (SSSR count). The molecule has 0 bridgehead atoms. The minimum absolute atomic E-state index is 0.0374. The number of aliphatic imine (C=N–C) groups is 1. The van der Waals surface area contributed by atoms with Gasteiger partial charge in [0.05, 0.1) is 44.1 Å². The van der Waals surface area contributed by atoms with Crippen molar-refractivity contribution in [2.45, 2.75) is 25.8 Å². The number of aromatic nitrogens is 2. The summed E-state index contributed by atoms with van der Waals surface area (Å²) in [6.45, 7) is 5.46. The van der Waals surface area contributed by atoms with E-state index in [-0.39, 0.29) is 17.3 Å². The predicted molar refractivity (Wildman–Crippen MR) is 148 cm³/mol. The number of benzene rings is 2. The Morgan fingerprint density at radius 1 is 1.18 bits per heavy atom. The first kappa shape index (κ1) is 26.0. The van der Waals surface area contributed by atoms with Crippen molar-refractivity contribution in [1.29, 1.82) is 0 Å². The van der Waals surface area contributed by atoms with Gasteiger partial charge in [0, 0.05) is 31.4 Å². The molecular weight excluding hydrogens is 518 g/mol. The minimum atomic E-state index is -3.06. The fraction of sp³-hybridized carbons (Fsp3) is 0.379. The lowest BCUT2D eigenvalue weighted by Crippen LogP contribution is -2.55. The second-order valence-corrected chi connectivity index (χ2v) is 12.8. The smallest absolute Gasteiger partial charge is 0.327 e. The number of nitrogens with zero attached hydrogens (tertiary/aromatic N) is 4. The highest BCUT2D eigenvalue weighted by molar-refractivity contribution is 7.53. The Balaban J connectivity index is 1.39. The molecule has 3 aliphatic rings. The molecule has 1 aromatic heterocycles. The van der Waals surface area contributed by atoms with E-state index in [0.717, 1.165) is 46.1 Å². The topological polar surface area (TPSA) is 78.2 Å². The molecule has 1 atom stereocenters. The maximum Gasteiger partial charge on any atom is 0.327 e. The molecule has 0 N–H and O–H groups in total. The van der Waals surface area contributed by atoms with Gasteiger partial charge in [-0.1, -0.05) is 18.2 Å². The zero-order valence-electron chi connectivity index (χ0n) is 22.3. The van der Waals surface area contributed by atoms with Gasteiger partial charge in [-0.2, -0.15) is 0 Å². The third-order valence-corrected chi connectivity index (χ3v) is 8.87. The van der Waals surface area contributed by atoms with Crippen LogP contribution in [0.2, 0.25) is 0 Å². The van der Waals surface area contributed by atoms with Crippen LogP contribution < -0.4 is 4.74 Å². The number of ether oxygens (including phenoxy) is 1. The van der Waals surface area contributed by atoms with E-state index in [9.17, 15) is 8.96 Å². The van der Waals surface area contributed by atoms with Crippen molar-refractivity contribution in [3.05, 3.63) is 83.2 Å². The zero-order chi connectivity index (χ0) is 27.2. The van der Waals surface area contributed by atoms with Crippen molar-refractivity contribution < 1.29 is 22.7 Å². The standard InChI is InChI=1S/C29H32FN4O4P/c1-20-15-33(19-32-20)26-9-4-21(13-27(26)36-2)12-23-14-29(17-37-39(3,35)38-18-29)16-34-25(10-11-31-28(23)34)22-5-7-24(30)8-6-22/h4-9,12-13,15,19,25H,10-11,14,16-18H2,1-3H3/b23-12+. The van der Waals surface area contributed by atoms with Gasteiger partial charge in [-0.3, -0.25) is 9.56 Å². The van der Waals surface area contributed by atoms with Crippen LogP contribution in [0.4, 0.5) is 4.39 Å². The second-order valence-electron chi connectivity index (χ2n) is 10.7. The molecule has 4 heterocycles. The van der Waals surface area contributed by atoms with Crippen molar-refractivity contribution in [2.75, 3.05) is 40.1 Å². The molecule has 0 radical (unpaired) electrons. The number of fused-ring (bicyclic) bond motifs is 1. The van der Waals surface area contributed by atoms with Gasteiger partial charge in [0.25, 0.3) is 0 Å². The summed E-state index contributed by atoms with van der Waals surface area (Å²) in [7, 11) is -1.40. The maximum atomic E-state index is 13.7. The normalized spacial score (nSPS) is 27.9. The molecule has 0 saturated carbocycles. The minimum Gasteiger partial charge on any atom is -0.495 e. The van der Waals surface area contributed by atoms with Crippen LogP contribution in [0.1, 0.15) is 35.7 Å². The Kier molecular flexibility index (Phi) is 6.69. The third kappa shape index (κ3) is 5.19. The van der Waals surface area contributed by atoms with E-state index >= 15 is 0 Å². The monoisotopic (exact) mass is 550 g/mol. The Hall–Kier alpha value is -3.26. The molecule has 10 heteroatoms. The number of rotatable bonds is 4. The summed E-state index contributed by atoms with van der Waals surface area (Å²) in [5.41, 5.74) is 4.52. The average molecular weight is 551 g/mol. The Morgan fingerprint density at radius 3 is 2.64 bits per heavy atom. The van der Waals surface area contributed by atoms with Crippen LogP contribution in [0.3, 0.4) is 0 Å². The van der Waals surface area contributed by atoms with Crippen molar-refractivity contribution in [1.82, 2.24) is 14.5 Å². The first-order chi connectivity index (χ1) is 18.7. The van der Waals surface area contributed by atoms with Crippen LogP contribution in [0.5, 0.6) is 5.75 Å². The number of methoxy groups -OCH3 is 1. The molecule has 2 saturated heterocycles. The van der Waals surface area contributed by atoms with Crippen LogP contribution in [0.15, 0.2) is 65.6 Å². The molecule has 1 spiro atoms. The Morgan fingerprint density at radius 2 is 1.95 bits per heavy atom. The molecule has 0 amide bonds. The van der Waals surface area contributed by atoms with E-state index in [4.69, 9.17) is 18.8 Å².